The van der Waals surface area contributed by atoms with Gasteiger partial charge in [0.2, 0.25) is 0 Å². The smallest absolute Gasteiger partial charge is 0.266 e. The van der Waals surface area contributed by atoms with Gasteiger partial charge in [0, 0.05) is 12.6 Å². The van der Waals surface area contributed by atoms with Crippen LogP contribution in [0.15, 0.2) is 17.1 Å². The maximum absolute atomic E-state index is 11.0. The maximum Gasteiger partial charge on any atom is 0.266 e. The summed E-state index contributed by atoms with van der Waals surface area (Å²) in [7, 11) is 0. The van der Waals surface area contributed by atoms with Crippen molar-refractivity contribution >= 4 is 5.69 Å². The van der Waals surface area contributed by atoms with E-state index in [4.69, 9.17) is 0 Å². The highest BCUT2D eigenvalue weighted by Gasteiger charge is 2.44. The van der Waals surface area contributed by atoms with E-state index in [2.05, 4.69) is 29.4 Å². The zero-order valence-corrected chi connectivity index (χ0v) is 9.21. The van der Waals surface area contributed by atoms with Gasteiger partial charge in [-0.1, -0.05) is 13.8 Å². The summed E-state index contributed by atoms with van der Waals surface area (Å²) in [6.07, 6.45) is 4.22. The Morgan fingerprint density at radius 3 is 2.87 bits per heavy atom. The Balaban J connectivity index is 1.97. The Morgan fingerprint density at radius 1 is 1.60 bits per heavy atom. The molecule has 1 heterocycles. The molecule has 82 valence electrons. The largest absolute Gasteiger partial charge is 0.383 e. The van der Waals surface area contributed by atoms with Gasteiger partial charge in [0.05, 0.1) is 11.9 Å². The standard InChI is InChI=1S/C11H17N3O/c1-8(2)11(3-4-11)7-12-9-5-10(15)14-13-6-9/h5-6,8H,3-4,7H2,1-2H3,(H2,12,14,15). The van der Waals surface area contributed by atoms with E-state index < -0.39 is 0 Å². The van der Waals surface area contributed by atoms with Crippen molar-refractivity contribution in [3.8, 4) is 0 Å². The van der Waals surface area contributed by atoms with Crippen LogP contribution >= 0.6 is 0 Å². The SMILES string of the molecule is CC(C)C1(CNc2cn[nH]c(=O)c2)CC1. The molecular formula is C11H17N3O. The minimum absolute atomic E-state index is 0.158. The molecule has 0 radical (unpaired) electrons. The van der Waals surface area contributed by atoms with Gasteiger partial charge in [-0.05, 0) is 24.2 Å². The highest BCUT2D eigenvalue weighted by Crippen LogP contribution is 2.51. The van der Waals surface area contributed by atoms with Gasteiger partial charge in [-0.25, -0.2) is 5.10 Å². The number of aromatic amines is 1. The van der Waals surface area contributed by atoms with E-state index in [1.54, 1.807) is 12.3 Å². The third-order valence-corrected chi connectivity index (χ3v) is 3.43. The summed E-state index contributed by atoms with van der Waals surface area (Å²) in [4.78, 5) is 11.0. The number of rotatable bonds is 4. The molecule has 1 aromatic rings. The first-order valence-electron chi connectivity index (χ1n) is 5.41. The number of nitrogens with zero attached hydrogens (tertiary/aromatic N) is 1. The Labute approximate surface area is 89.1 Å². The Morgan fingerprint density at radius 2 is 2.33 bits per heavy atom. The highest BCUT2D eigenvalue weighted by molar-refractivity contribution is 5.39. The summed E-state index contributed by atoms with van der Waals surface area (Å²) < 4.78 is 0. The molecule has 0 bridgehead atoms. The van der Waals surface area contributed by atoms with Crippen LogP contribution in [0.4, 0.5) is 5.69 Å². The summed E-state index contributed by atoms with van der Waals surface area (Å²) in [5, 5.41) is 9.40. The van der Waals surface area contributed by atoms with Crippen LogP contribution in [0.3, 0.4) is 0 Å². The molecule has 0 saturated heterocycles. The van der Waals surface area contributed by atoms with Crippen LogP contribution < -0.4 is 10.9 Å². The molecular weight excluding hydrogens is 190 g/mol. The minimum atomic E-state index is -0.158. The lowest BCUT2D eigenvalue weighted by Gasteiger charge is -2.20. The van der Waals surface area contributed by atoms with Gasteiger partial charge in [-0.2, -0.15) is 5.10 Å². The van der Waals surface area contributed by atoms with Gasteiger partial charge in [0.1, 0.15) is 0 Å². The second-order valence-corrected chi connectivity index (χ2v) is 4.70. The van der Waals surface area contributed by atoms with Gasteiger partial charge >= 0.3 is 0 Å². The van der Waals surface area contributed by atoms with Gasteiger partial charge in [0.25, 0.3) is 5.56 Å². The van der Waals surface area contributed by atoms with Crippen molar-refractivity contribution in [2.75, 3.05) is 11.9 Å². The van der Waals surface area contributed by atoms with E-state index in [0.29, 0.717) is 11.3 Å². The molecule has 1 aliphatic rings. The number of nitrogens with one attached hydrogen (secondary N) is 2. The lowest BCUT2D eigenvalue weighted by Crippen LogP contribution is -2.21. The van der Waals surface area contributed by atoms with Gasteiger partial charge in [0.15, 0.2) is 0 Å². The summed E-state index contributed by atoms with van der Waals surface area (Å²) in [6.45, 7) is 5.45. The van der Waals surface area contributed by atoms with E-state index in [0.717, 1.165) is 12.2 Å². The predicted molar refractivity (Wildman–Crippen MR) is 59.9 cm³/mol. The molecule has 0 atom stereocenters. The lowest BCUT2D eigenvalue weighted by molar-refractivity contribution is 0.380. The molecule has 1 aromatic heterocycles. The fraction of sp³-hybridized carbons (Fsp3) is 0.636. The highest BCUT2D eigenvalue weighted by atomic mass is 16.1. The number of H-pyrrole nitrogens is 1. The number of anilines is 1. The Bertz CT molecular complexity index is 393. The average Bonchev–Trinajstić information content (AvgIpc) is 2.96. The molecule has 0 spiro atoms. The monoisotopic (exact) mass is 207 g/mol. The van der Waals surface area contributed by atoms with E-state index in [1.807, 2.05) is 0 Å². The van der Waals surface area contributed by atoms with Gasteiger partial charge in [-0.15, -0.1) is 0 Å². The summed E-state index contributed by atoms with van der Waals surface area (Å²) in [5.74, 6) is 0.694. The van der Waals surface area contributed by atoms with Crippen LogP contribution in [-0.2, 0) is 0 Å². The second kappa shape index (κ2) is 3.68. The molecule has 0 unspecified atom stereocenters. The molecule has 15 heavy (non-hydrogen) atoms. The summed E-state index contributed by atoms with van der Waals surface area (Å²) >= 11 is 0. The predicted octanol–water partition coefficient (Wildman–Crippen LogP) is 1.62. The summed E-state index contributed by atoms with van der Waals surface area (Å²) in [5.41, 5.74) is 1.10. The molecule has 2 rings (SSSR count). The minimum Gasteiger partial charge on any atom is -0.383 e. The van der Waals surface area contributed by atoms with Crippen LogP contribution in [0.2, 0.25) is 0 Å². The molecule has 1 aliphatic carbocycles. The third kappa shape index (κ3) is 2.19. The molecule has 1 saturated carbocycles. The maximum atomic E-state index is 11.0. The molecule has 0 amide bonds. The van der Waals surface area contributed by atoms with Crippen molar-refractivity contribution in [1.82, 2.24) is 10.2 Å². The molecule has 0 aliphatic heterocycles. The first-order valence-corrected chi connectivity index (χ1v) is 5.41. The Hall–Kier alpha value is -1.32. The zero-order chi connectivity index (χ0) is 10.9. The van der Waals surface area contributed by atoms with Crippen molar-refractivity contribution in [3.63, 3.8) is 0 Å². The van der Waals surface area contributed by atoms with Gasteiger partial charge < -0.3 is 5.32 Å². The van der Waals surface area contributed by atoms with Crippen molar-refractivity contribution < 1.29 is 0 Å². The lowest BCUT2D eigenvalue weighted by atomic mass is 9.92. The van der Waals surface area contributed by atoms with E-state index in [9.17, 15) is 4.79 Å². The van der Waals surface area contributed by atoms with Crippen molar-refractivity contribution in [1.29, 1.82) is 0 Å². The topological polar surface area (TPSA) is 57.8 Å². The Kier molecular flexibility index (Phi) is 2.50. The number of hydrogen-bond donors (Lipinski definition) is 2. The molecule has 1 fully saturated rings. The quantitative estimate of drug-likeness (QED) is 0.788. The van der Waals surface area contributed by atoms with Crippen molar-refractivity contribution in [3.05, 3.63) is 22.6 Å². The fourth-order valence-corrected chi connectivity index (χ4v) is 1.87. The van der Waals surface area contributed by atoms with Crippen LogP contribution in [0, 0.1) is 11.3 Å². The zero-order valence-electron chi connectivity index (χ0n) is 9.21. The van der Waals surface area contributed by atoms with Crippen LogP contribution in [0.5, 0.6) is 0 Å². The first kappa shape index (κ1) is 10.2. The molecule has 2 N–H and O–H groups in total. The van der Waals surface area contributed by atoms with Crippen LogP contribution in [-0.4, -0.2) is 16.7 Å². The normalized spacial score (nSPS) is 17.8. The fourth-order valence-electron chi connectivity index (χ4n) is 1.87. The average molecular weight is 207 g/mol. The molecule has 4 heteroatoms. The van der Waals surface area contributed by atoms with Crippen molar-refractivity contribution in [2.24, 2.45) is 11.3 Å². The van der Waals surface area contributed by atoms with Crippen LogP contribution in [0.1, 0.15) is 26.7 Å². The van der Waals surface area contributed by atoms with E-state index in [-0.39, 0.29) is 5.56 Å². The van der Waals surface area contributed by atoms with Gasteiger partial charge in [-0.3, -0.25) is 4.79 Å². The third-order valence-electron chi connectivity index (χ3n) is 3.43. The number of aromatic nitrogens is 2. The van der Waals surface area contributed by atoms with Crippen molar-refractivity contribution in [2.45, 2.75) is 26.7 Å². The van der Waals surface area contributed by atoms with E-state index in [1.165, 1.54) is 12.8 Å². The summed E-state index contributed by atoms with van der Waals surface area (Å²) in [6, 6.07) is 1.55. The first-order chi connectivity index (χ1) is 7.12. The second-order valence-electron chi connectivity index (χ2n) is 4.70. The van der Waals surface area contributed by atoms with E-state index >= 15 is 0 Å². The molecule has 0 aromatic carbocycles. The van der Waals surface area contributed by atoms with Crippen LogP contribution in [0.25, 0.3) is 0 Å². The number of hydrogen-bond acceptors (Lipinski definition) is 3. The molecule has 4 nitrogen and oxygen atoms in total.